The summed E-state index contributed by atoms with van der Waals surface area (Å²) < 4.78 is 0. The average Bonchev–Trinajstić information content (AvgIpc) is 2.94. The van der Waals surface area contributed by atoms with Gasteiger partial charge in [-0.3, -0.25) is 5.10 Å². The minimum atomic E-state index is 0.334. The fourth-order valence-electron chi connectivity index (χ4n) is 1.91. The van der Waals surface area contributed by atoms with Gasteiger partial charge in [0.25, 0.3) is 0 Å². The van der Waals surface area contributed by atoms with Crippen LogP contribution < -0.4 is 5.32 Å². The van der Waals surface area contributed by atoms with Crippen LogP contribution in [0, 0.1) is 13.8 Å². The lowest BCUT2D eigenvalue weighted by Gasteiger charge is -2.11. The van der Waals surface area contributed by atoms with Crippen molar-refractivity contribution in [3.05, 3.63) is 33.5 Å². The molecule has 0 spiro atoms. The van der Waals surface area contributed by atoms with Gasteiger partial charge in [-0.25, -0.2) is 4.98 Å². The van der Waals surface area contributed by atoms with E-state index in [1.54, 1.807) is 11.3 Å². The second-order valence-electron chi connectivity index (χ2n) is 4.59. The van der Waals surface area contributed by atoms with Crippen molar-refractivity contribution in [2.24, 2.45) is 0 Å². The molecule has 0 aliphatic rings. The van der Waals surface area contributed by atoms with Crippen LogP contribution in [0.4, 0.5) is 0 Å². The lowest BCUT2D eigenvalue weighted by molar-refractivity contribution is 0.549. The minimum absolute atomic E-state index is 0.334. The maximum Gasteiger partial charge on any atom is 0.0898 e. The van der Waals surface area contributed by atoms with Crippen LogP contribution in [0.2, 0.25) is 0 Å². The molecule has 2 aromatic heterocycles. The van der Waals surface area contributed by atoms with Gasteiger partial charge in [-0.15, -0.1) is 11.3 Å². The monoisotopic (exact) mass is 264 g/mol. The first-order valence-corrected chi connectivity index (χ1v) is 7.19. The van der Waals surface area contributed by atoms with Crippen molar-refractivity contribution in [2.75, 3.05) is 6.54 Å². The Balaban J connectivity index is 1.71. The maximum atomic E-state index is 4.49. The van der Waals surface area contributed by atoms with Gasteiger partial charge in [0.15, 0.2) is 0 Å². The predicted molar refractivity (Wildman–Crippen MR) is 74.9 cm³/mol. The summed E-state index contributed by atoms with van der Waals surface area (Å²) in [4.78, 5) is 4.49. The third kappa shape index (κ3) is 3.40. The third-order valence-electron chi connectivity index (χ3n) is 3.09. The summed E-state index contributed by atoms with van der Waals surface area (Å²) in [5, 5.41) is 13.8. The van der Waals surface area contributed by atoms with E-state index < -0.39 is 0 Å². The molecular weight excluding hydrogens is 244 g/mol. The number of hydrogen-bond donors (Lipinski definition) is 2. The Morgan fingerprint density at radius 1 is 1.44 bits per heavy atom. The zero-order valence-electron chi connectivity index (χ0n) is 11.2. The van der Waals surface area contributed by atoms with E-state index in [2.05, 4.69) is 39.7 Å². The minimum Gasteiger partial charge on any atom is -0.309 e. The van der Waals surface area contributed by atoms with Crippen LogP contribution in [-0.4, -0.2) is 21.7 Å². The molecule has 18 heavy (non-hydrogen) atoms. The molecule has 0 amide bonds. The number of rotatable bonds is 6. The predicted octanol–water partition coefficient (Wildman–Crippen LogP) is 2.77. The van der Waals surface area contributed by atoms with Crippen LogP contribution >= 0.6 is 11.3 Å². The fourth-order valence-corrected chi connectivity index (χ4v) is 2.61. The summed E-state index contributed by atoms with van der Waals surface area (Å²) in [5.74, 6) is 0. The van der Waals surface area contributed by atoms with Gasteiger partial charge in [0.2, 0.25) is 0 Å². The Labute approximate surface area is 112 Å². The standard InChI is InChI=1S/C13H20N4S/c1-9-12(7-15-17-9)5-4-6-14-10(2)13-8-18-11(3)16-13/h7-8,10,14H,4-6H2,1-3H3,(H,15,17). The largest absolute Gasteiger partial charge is 0.309 e. The van der Waals surface area contributed by atoms with E-state index in [0.29, 0.717) is 6.04 Å². The summed E-state index contributed by atoms with van der Waals surface area (Å²) in [6.07, 6.45) is 4.11. The van der Waals surface area contributed by atoms with Crippen LogP contribution in [0.25, 0.3) is 0 Å². The van der Waals surface area contributed by atoms with E-state index in [-0.39, 0.29) is 0 Å². The maximum absolute atomic E-state index is 4.49. The zero-order valence-corrected chi connectivity index (χ0v) is 12.0. The number of aromatic nitrogens is 3. The highest BCUT2D eigenvalue weighted by atomic mass is 32.1. The van der Waals surface area contributed by atoms with Crippen LogP contribution in [0.1, 0.15) is 41.3 Å². The summed E-state index contributed by atoms with van der Waals surface area (Å²) in [6, 6.07) is 0.334. The number of hydrogen-bond acceptors (Lipinski definition) is 4. The van der Waals surface area contributed by atoms with E-state index >= 15 is 0 Å². The molecule has 0 saturated carbocycles. The van der Waals surface area contributed by atoms with Gasteiger partial charge in [-0.2, -0.15) is 5.10 Å². The molecule has 5 heteroatoms. The molecule has 0 aliphatic heterocycles. The second-order valence-corrected chi connectivity index (χ2v) is 5.65. The number of aryl methyl sites for hydroxylation is 3. The first-order valence-electron chi connectivity index (χ1n) is 6.31. The average molecular weight is 264 g/mol. The number of aromatic amines is 1. The number of nitrogens with zero attached hydrogens (tertiary/aromatic N) is 2. The van der Waals surface area contributed by atoms with Crippen molar-refractivity contribution in [1.82, 2.24) is 20.5 Å². The summed E-state index contributed by atoms with van der Waals surface area (Å²) in [6.45, 7) is 7.28. The quantitative estimate of drug-likeness (QED) is 0.789. The van der Waals surface area contributed by atoms with E-state index in [0.717, 1.165) is 30.1 Å². The van der Waals surface area contributed by atoms with Crippen molar-refractivity contribution in [2.45, 2.75) is 39.7 Å². The fraction of sp³-hybridized carbons (Fsp3) is 0.538. The van der Waals surface area contributed by atoms with Crippen LogP contribution in [-0.2, 0) is 6.42 Å². The topological polar surface area (TPSA) is 53.6 Å². The molecule has 2 heterocycles. The first kappa shape index (κ1) is 13.2. The third-order valence-corrected chi connectivity index (χ3v) is 3.88. The van der Waals surface area contributed by atoms with Crippen molar-refractivity contribution in [1.29, 1.82) is 0 Å². The summed E-state index contributed by atoms with van der Waals surface area (Å²) >= 11 is 1.71. The van der Waals surface area contributed by atoms with Crippen molar-refractivity contribution >= 4 is 11.3 Å². The molecule has 2 aromatic rings. The zero-order chi connectivity index (χ0) is 13.0. The molecule has 0 bridgehead atoms. The van der Waals surface area contributed by atoms with Crippen LogP contribution in [0.15, 0.2) is 11.6 Å². The molecule has 1 unspecified atom stereocenters. The number of nitrogens with one attached hydrogen (secondary N) is 2. The highest BCUT2D eigenvalue weighted by Crippen LogP contribution is 2.15. The second kappa shape index (κ2) is 6.11. The molecule has 98 valence electrons. The SMILES string of the molecule is Cc1nc(C(C)NCCCc2cn[nH]c2C)cs1. The van der Waals surface area contributed by atoms with E-state index in [4.69, 9.17) is 0 Å². The van der Waals surface area contributed by atoms with Crippen molar-refractivity contribution < 1.29 is 0 Å². The van der Waals surface area contributed by atoms with E-state index in [1.807, 2.05) is 13.1 Å². The summed E-state index contributed by atoms with van der Waals surface area (Å²) in [7, 11) is 0. The molecule has 0 aromatic carbocycles. The van der Waals surface area contributed by atoms with E-state index in [9.17, 15) is 0 Å². The van der Waals surface area contributed by atoms with Gasteiger partial charge in [0.1, 0.15) is 0 Å². The van der Waals surface area contributed by atoms with Gasteiger partial charge in [-0.1, -0.05) is 0 Å². The Morgan fingerprint density at radius 2 is 2.28 bits per heavy atom. The number of thiazole rings is 1. The van der Waals surface area contributed by atoms with Crippen molar-refractivity contribution in [3.63, 3.8) is 0 Å². The highest BCUT2D eigenvalue weighted by Gasteiger charge is 2.07. The molecule has 1 atom stereocenters. The molecule has 0 fully saturated rings. The highest BCUT2D eigenvalue weighted by molar-refractivity contribution is 7.09. The summed E-state index contributed by atoms with van der Waals surface area (Å²) in [5.41, 5.74) is 3.64. The van der Waals surface area contributed by atoms with Crippen molar-refractivity contribution in [3.8, 4) is 0 Å². The number of H-pyrrole nitrogens is 1. The van der Waals surface area contributed by atoms with Crippen LogP contribution in [0.3, 0.4) is 0 Å². The van der Waals surface area contributed by atoms with Gasteiger partial charge < -0.3 is 5.32 Å². The van der Waals surface area contributed by atoms with Gasteiger partial charge in [0, 0.05) is 17.1 Å². The normalized spacial score (nSPS) is 12.8. The van der Waals surface area contributed by atoms with E-state index in [1.165, 1.54) is 11.3 Å². The Morgan fingerprint density at radius 3 is 2.89 bits per heavy atom. The molecule has 0 saturated heterocycles. The smallest absolute Gasteiger partial charge is 0.0898 e. The Hall–Kier alpha value is -1.20. The lowest BCUT2D eigenvalue weighted by atomic mass is 10.1. The van der Waals surface area contributed by atoms with Gasteiger partial charge in [0.05, 0.1) is 16.9 Å². The van der Waals surface area contributed by atoms with Crippen LogP contribution in [0.5, 0.6) is 0 Å². The Kier molecular flexibility index (Phi) is 4.49. The molecule has 0 aliphatic carbocycles. The van der Waals surface area contributed by atoms with Gasteiger partial charge >= 0.3 is 0 Å². The molecule has 2 N–H and O–H groups in total. The Bertz CT molecular complexity index is 489. The molecule has 0 radical (unpaired) electrons. The van der Waals surface area contributed by atoms with Gasteiger partial charge in [-0.05, 0) is 45.7 Å². The molecule has 2 rings (SSSR count). The first-order chi connectivity index (χ1) is 8.66. The molecule has 4 nitrogen and oxygen atoms in total. The lowest BCUT2D eigenvalue weighted by Crippen LogP contribution is -2.20. The molecular formula is C13H20N4S.